The van der Waals surface area contributed by atoms with Crippen LogP contribution in [-0.2, 0) is 4.79 Å². The summed E-state index contributed by atoms with van der Waals surface area (Å²) in [5.74, 6) is -0.305. The van der Waals surface area contributed by atoms with Gasteiger partial charge in [-0.25, -0.2) is 9.07 Å². The van der Waals surface area contributed by atoms with Gasteiger partial charge in [-0.15, -0.1) is 0 Å². The minimum atomic E-state index is -0.847. The van der Waals surface area contributed by atoms with E-state index in [1.165, 1.54) is 35.0 Å². The van der Waals surface area contributed by atoms with Crippen LogP contribution in [0.25, 0.3) is 5.69 Å². The Hall–Kier alpha value is -3.88. The maximum atomic E-state index is 13.0. The molecule has 0 saturated heterocycles. The predicted octanol–water partition coefficient (Wildman–Crippen LogP) is 2.64. The van der Waals surface area contributed by atoms with Crippen LogP contribution >= 0.6 is 0 Å². The molecule has 1 atom stereocenters. The van der Waals surface area contributed by atoms with E-state index in [9.17, 15) is 14.0 Å². The second-order valence-corrected chi connectivity index (χ2v) is 6.23. The molecule has 1 heterocycles. The summed E-state index contributed by atoms with van der Waals surface area (Å²) < 4.78 is 25.3. The predicted molar refractivity (Wildman–Crippen MR) is 107 cm³/mol. The van der Waals surface area contributed by atoms with E-state index in [1.807, 2.05) is 6.92 Å². The first kappa shape index (κ1) is 20.8. The number of hydrazine groups is 1. The molecule has 1 aromatic heterocycles. The summed E-state index contributed by atoms with van der Waals surface area (Å²) in [7, 11) is 0. The average Bonchev–Trinajstić information content (AvgIpc) is 3.24. The molecule has 0 fully saturated rings. The zero-order valence-electron chi connectivity index (χ0n) is 16.5. The summed E-state index contributed by atoms with van der Waals surface area (Å²) in [4.78, 5) is 24.4. The van der Waals surface area contributed by atoms with E-state index in [0.29, 0.717) is 23.8 Å². The Morgan fingerprint density at radius 3 is 2.37 bits per heavy atom. The number of benzene rings is 2. The van der Waals surface area contributed by atoms with Gasteiger partial charge < -0.3 is 9.47 Å². The van der Waals surface area contributed by atoms with E-state index < -0.39 is 17.9 Å². The smallest absolute Gasteiger partial charge is 0.290 e. The molecule has 2 amide bonds. The highest BCUT2D eigenvalue weighted by atomic mass is 19.1. The van der Waals surface area contributed by atoms with Crippen LogP contribution in [0.5, 0.6) is 11.5 Å². The van der Waals surface area contributed by atoms with Crippen LogP contribution in [0.1, 0.15) is 24.3 Å². The van der Waals surface area contributed by atoms with Crippen LogP contribution in [0.2, 0.25) is 0 Å². The van der Waals surface area contributed by atoms with Crippen molar-refractivity contribution in [3.05, 3.63) is 72.3 Å². The topological polar surface area (TPSA) is 94.5 Å². The molecule has 2 N–H and O–H groups in total. The molecule has 3 aromatic rings. The Labute approximate surface area is 172 Å². The number of rotatable bonds is 7. The minimum absolute atomic E-state index is 0.0831. The van der Waals surface area contributed by atoms with E-state index in [0.717, 1.165) is 0 Å². The van der Waals surface area contributed by atoms with E-state index >= 15 is 0 Å². The van der Waals surface area contributed by atoms with Gasteiger partial charge in [0.2, 0.25) is 0 Å². The van der Waals surface area contributed by atoms with Crippen LogP contribution in [0, 0.1) is 5.82 Å². The van der Waals surface area contributed by atoms with Gasteiger partial charge >= 0.3 is 0 Å². The SMILES string of the molecule is CCOc1ccc(OC(C)C(=O)NNC(=O)c2ccn(-c3ccc(F)cc3)n2)cc1. The Bertz CT molecular complexity index is 1000. The Morgan fingerprint density at radius 1 is 1.03 bits per heavy atom. The van der Waals surface area contributed by atoms with Crippen LogP contribution < -0.4 is 20.3 Å². The number of aromatic nitrogens is 2. The number of halogens is 1. The number of amides is 2. The monoisotopic (exact) mass is 412 g/mol. The van der Waals surface area contributed by atoms with Crippen LogP contribution in [0.4, 0.5) is 4.39 Å². The van der Waals surface area contributed by atoms with Crippen molar-refractivity contribution in [3.63, 3.8) is 0 Å². The maximum absolute atomic E-state index is 13.0. The highest BCUT2D eigenvalue weighted by molar-refractivity contribution is 5.94. The first-order valence-electron chi connectivity index (χ1n) is 9.27. The van der Waals surface area contributed by atoms with Crippen molar-refractivity contribution in [1.29, 1.82) is 0 Å². The van der Waals surface area contributed by atoms with Gasteiger partial charge in [0.1, 0.15) is 17.3 Å². The largest absolute Gasteiger partial charge is 0.494 e. The van der Waals surface area contributed by atoms with Gasteiger partial charge in [-0.05, 0) is 68.4 Å². The number of hydrogen-bond donors (Lipinski definition) is 2. The first-order chi connectivity index (χ1) is 14.5. The molecule has 2 aromatic carbocycles. The molecular formula is C21H21FN4O4. The Morgan fingerprint density at radius 2 is 1.70 bits per heavy atom. The van der Waals surface area contributed by atoms with Crippen molar-refractivity contribution in [2.75, 3.05) is 6.61 Å². The molecule has 0 saturated carbocycles. The fourth-order valence-corrected chi connectivity index (χ4v) is 2.51. The normalized spacial score (nSPS) is 11.4. The summed E-state index contributed by atoms with van der Waals surface area (Å²) in [5.41, 5.74) is 5.27. The summed E-state index contributed by atoms with van der Waals surface area (Å²) in [5, 5.41) is 4.11. The fraction of sp³-hybridized carbons (Fsp3) is 0.190. The average molecular weight is 412 g/mol. The zero-order chi connectivity index (χ0) is 21.5. The van der Waals surface area contributed by atoms with Crippen molar-refractivity contribution >= 4 is 11.8 Å². The van der Waals surface area contributed by atoms with E-state index in [-0.39, 0.29) is 11.5 Å². The Kier molecular flexibility index (Phi) is 6.63. The number of carbonyl (C=O) groups is 2. The molecule has 30 heavy (non-hydrogen) atoms. The van der Waals surface area contributed by atoms with Crippen molar-refractivity contribution in [3.8, 4) is 17.2 Å². The van der Waals surface area contributed by atoms with Crippen LogP contribution in [0.3, 0.4) is 0 Å². The third kappa shape index (κ3) is 5.34. The lowest BCUT2D eigenvalue weighted by molar-refractivity contribution is -0.128. The maximum Gasteiger partial charge on any atom is 0.290 e. The van der Waals surface area contributed by atoms with Crippen molar-refractivity contribution < 1.29 is 23.5 Å². The summed E-state index contributed by atoms with van der Waals surface area (Å²) >= 11 is 0. The van der Waals surface area contributed by atoms with Gasteiger partial charge in [-0.1, -0.05) is 0 Å². The third-order valence-corrected chi connectivity index (χ3v) is 4.03. The molecule has 0 bridgehead atoms. The van der Waals surface area contributed by atoms with Crippen molar-refractivity contribution in [1.82, 2.24) is 20.6 Å². The van der Waals surface area contributed by atoms with Crippen molar-refractivity contribution in [2.45, 2.75) is 20.0 Å². The molecule has 3 rings (SSSR count). The Balaban J connectivity index is 1.51. The first-order valence-corrected chi connectivity index (χ1v) is 9.27. The molecule has 8 nitrogen and oxygen atoms in total. The lowest BCUT2D eigenvalue weighted by atomic mass is 10.3. The molecule has 0 aliphatic heterocycles. The van der Waals surface area contributed by atoms with E-state index in [4.69, 9.17) is 9.47 Å². The van der Waals surface area contributed by atoms with E-state index in [1.54, 1.807) is 37.4 Å². The standard InChI is InChI=1S/C21H21FN4O4/c1-3-29-17-8-10-18(11-9-17)30-14(2)20(27)23-24-21(28)19-12-13-26(25-19)16-6-4-15(22)5-7-16/h4-14H,3H2,1-2H3,(H,23,27)(H,24,28). The summed E-state index contributed by atoms with van der Waals surface area (Å²) in [6, 6.07) is 14.0. The number of nitrogens with zero attached hydrogens (tertiary/aromatic N) is 2. The molecule has 0 radical (unpaired) electrons. The number of nitrogens with one attached hydrogen (secondary N) is 2. The molecule has 1 unspecified atom stereocenters. The summed E-state index contributed by atoms with van der Waals surface area (Å²) in [6.07, 6.45) is 0.710. The van der Waals surface area contributed by atoms with Crippen LogP contribution in [0.15, 0.2) is 60.8 Å². The molecule has 156 valence electrons. The van der Waals surface area contributed by atoms with Gasteiger partial charge in [0.05, 0.1) is 12.3 Å². The lowest BCUT2D eigenvalue weighted by Crippen LogP contribution is -2.47. The zero-order valence-corrected chi connectivity index (χ0v) is 16.5. The molecule has 0 aliphatic carbocycles. The quantitative estimate of drug-likeness (QED) is 0.582. The number of ether oxygens (including phenoxy) is 2. The summed E-state index contributed by atoms with van der Waals surface area (Å²) in [6.45, 7) is 4.00. The lowest BCUT2D eigenvalue weighted by Gasteiger charge is -2.15. The number of carbonyl (C=O) groups excluding carboxylic acids is 2. The molecule has 0 spiro atoms. The fourth-order valence-electron chi connectivity index (χ4n) is 2.51. The highest BCUT2D eigenvalue weighted by Gasteiger charge is 2.17. The number of hydrogen-bond acceptors (Lipinski definition) is 5. The van der Waals surface area contributed by atoms with Gasteiger partial charge in [-0.3, -0.25) is 20.4 Å². The third-order valence-electron chi connectivity index (χ3n) is 4.03. The minimum Gasteiger partial charge on any atom is -0.494 e. The van der Waals surface area contributed by atoms with E-state index in [2.05, 4.69) is 16.0 Å². The van der Waals surface area contributed by atoms with Crippen LogP contribution in [-0.4, -0.2) is 34.3 Å². The molecule has 9 heteroatoms. The second-order valence-electron chi connectivity index (χ2n) is 6.23. The second kappa shape index (κ2) is 9.55. The molecule has 0 aliphatic rings. The highest BCUT2D eigenvalue weighted by Crippen LogP contribution is 2.18. The van der Waals surface area contributed by atoms with Gasteiger partial charge in [0.25, 0.3) is 11.8 Å². The van der Waals surface area contributed by atoms with Gasteiger partial charge in [0, 0.05) is 6.20 Å². The van der Waals surface area contributed by atoms with Gasteiger partial charge in [0.15, 0.2) is 11.8 Å². The van der Waals surface area contributed by atoms with Gasteiger partial charge in [-0.2, -0.15) is 5.10 Å². The van der Waals surface area contributed by atoms with Crippen molar-refractivity contribution in [2.24, 2.45) is 0 Å². The molecular weight excluding hydrogens is 391 g/mol.